The van der Waals surface area contributed by atoms with Crippen molar-refractivity contribution >= 4 is 33.0 Å². The number of amides is 1. The van der Waals surface area contributed by atoms with Crippen molar-refractivity contribution in [3.8, 4) is 0 Å². The summed E-state index contributed by atoms with van der Waals surface area (Å²) in [5.41, 5.74) is 1.17. The number of halogens is 1. The SMILES string of the molecule is Cc1cccc(C(=O)Nc2cc(S(C)(=O)=O)ccc2Cl)n1. The predicted octanol–water partition coefficient (Wildman–Crippen LogP) is 2.70. The number of sulfone groups is 1. The highest BCUT2D eigenvalue weighted by molar-refractivity contribution is 7.90. The van der Waals surface area contributed by atoms with Gasteiger partial charge in [0.15, 0.2) is 9.84 Å². The molecule has 1 aromatic heterocycles. The average molecular weight is 325 g/mol. The van der Waals surface area contributed by atoms with Crippen LogP contribution in [0.15, 0.2) is 41.3 Å². The third kappa shape index (κ3) is 3.80. The fourth-order valence-corrected chi connectivity index (χ4v) is 2.50. The number of hydrogen-bond donors (Lipinski definition) is 1. The number of anilines is 1. The Kier molecular flexibility index (Phi) is 4.29. The molecule has 0 unspecified atom stereocenters. The van der Waals surface area contributed by atoms with Gasteiger partial charge in [-0.15, -0.1) is 0 Å². The molecule has 2 aromatic rings. The lowest BCUT2D eigenvalue weighted by molar-refractivity contribution is 0.102. The van der Waals surface area contributed by atoms with E-state index in [1.54, 1.807) is 25.1 Å². The maximum Gasteiger partial charge on any atom is 0.274 e. The van der Waals surface area contributed by atoms with Crippen LogP contribution in [-0.2, 0) is 9.84 Å². The van der Waals surface area contributed by atoms with E-state index in [1.807, 2.05) is 0 Å². The van der Waals surface area contributed by atoms with E-state index >= 15 is 0 Å². The number of aromatic nitrogens is 1. The topological polar surface area (TPSA) is 76.1 Å². The van der Waals surface area contributed by atoms with Gasteiger partial charge in [-0.3, -0.25) is 4.79 Å². The second kappa shape index (κ2) is 5.83. The van der Waals surface area contributed by atoms with Crippen LogP contribution in [0.4, 0.5) is 5.69 Å². The molecule has 0 saturated heterocycles. The summed E-state index contributed by atoms with van der Waals surface area (Å²) in [5.74, 6) is -0.453. The van der Waals surface area contributed by atoms with Crippen LogP contribution in [0.5, 0.6) is 0 Å². The molecule has 0 saturated carbocycles. The first-order chi connectivity index (χ1) is 9.77. The number of aryl methyl sites for hydroxylation is 1. The van der Waals surface area contributed by atoms with E-state index in [0.29, 0.717) is 5.69 Å². The van der Waals surface area contributed by atoms with Gasteiger partial charge in [0.2, 0.25) is 0 Å². The molecule has 7 heteroatoms. The molecule has 0 radical (unpaired) electrons. The van der Waals surface area contributed by atoms with E-state index in [9.17, 15) is 13.2 Å². The van der Waals surface area contributed by atoms with Gasteiger partial charge in [0.25, 0.3) is 5.91 Å². The van der Waals surface area contributed by atoms with Crippen molar-refractivity contribution in [3.05, 3.63) is 52.8 Å². The Hall–Kier alpha value is -1.92. The van der Waals surface area contributed by atoms with E-state index in [1.165, 1.54) is 18.2 Å². The summed E-state index contributed by atoms with van der Waals surface area (Å²) >= 11 is 5.98. The molecule has 0 bridgehead atoms. The minimum Gasteiger partial charge on any atom is -0.319 e. The molecule has 0 aliphatic heterocycles. The zero-order chi connectivity index (χ0) is 15.6. The Morgan fingerprint density at radius 2 is 1.95 bits per heavy atom. The number of carbonyl (C=O) groups excluding carboxylic acids is 1. The summed E-state index contributed by atoms with van der Waals surface area (Å²) in [5, 5.41) is 2.82. The Balaban J connectivity index is 2.33. The number of rotatable bonds is 3. The molecule has 1 amide bonds. The van der Waals surface area contributed by atoms with Crippen LogP contribution in [0.2, 0.25) is 5.02 Å². The Morgan fingerprint density at radius 3 is 2.57 bits per heavy atom. The molecule has 1 heterocycles. The van der Waals surface area contributed by atoms with E-state index in [2.05, 4.69) is 10.3 Å². The smallest absolute Gasteiger partial charge is 0.274 e. The second-order valence-corrected chi connectivity index (χ2v) is 6.96. The first-order valence-corrected chi connectivity index (χ1v) is 8.29. The highest BCUT2D eigenvalue weighted by atomic mass is 35.5. The van der Waals surface area contributed by atoms with Crippen molar-refractivity contribution < 1.29 is 13.2 Å². The van der Waals surface area contributed by atoms with Crippen LogP contribution < -0.4 is 5.32 Å². The zero-order valence-corrected chi connectivity index (χ0v) is 13.0. The fraction of sp³-hybridized carbons (Fsp3) is 0.143. The van der Waals surface area contributed by atoms with Crippen molar-refractivity contribution in [1.29, 1.82) is 0 Å². The first kappa shape index (κ1) is 15.5. The highest BCUT2D eigenvalue weighted by Gasteiger charge is 2.14. The molecule has 0 aliphatic rings. The Bertz CT molecular complexity index is 804. The Labute approximate surface area is 127 Å². The van der Waals surface area contributed by atoms with Gasteiger partial charge in [-0.1, -0.05) is 17.7 Å². The quantitative estimate of drug-likeness (QED) is 0.941. The van der Waals surface area contributed by atoms with E-state index in [-0.39, 0.29) is 21.3 Å². The minimum atomic E-state index is -3.37. The van der Waals surface area contributed by atoms with Crippen molar-refractivity contribution in [3.63, 3.8) is 0 Å². The van der Waals surface area contributed by atoms with Gasteiger partial charge in [-0.2, -0.15) is 0 Å². The number of nitrogens with zero attached hydrogens (tertiary/aromatic N) is 1. The van der Waals surface area contributed by atoms with Gasteiger partial charge < -0.3 is 5.32 Å². The molecule has 0 spiro atoms. The van der Waals surface area contributed by atoms with Crippen molar-refractivity contribution in [2.45, 2.75) is 11.8 Å². The number of carbonyl (C=O) groups is 1. The molecule has 0 fully saturated rings. The number of pyridine rings is 1. The van der Waals surface area contributed by atoms with E-state index in [0.717, 1.165) is 6.26 Å². The molecule has 5 nitrogen and oxygen atoms in total. The summed E-state index contributed by atoms with van der Waals surface area (Å²) in [7, 11) is -3.37. The third-order valence-corrected chi connectivity index (χ3v) is 4.17. The summed E-state index contributed by atoms with van der Waals surface area (Å²) < 4.78 is 23.1. The molecular weight excluding hydrogens is 312 g/mol. The molecule has 21 heavy (non-hydrogen) atoms. The molecule has 1 N–H and O–H groups in total. The molecule has 0 atom stereocenters. The van der Waals surface area contributed by atoms with Crippen molar-refractivity contribution in [2.75, 3.05) is 11.6 Å². The van der Waals surface area contributed by atoms with Crippen molar-refractivity contribution in [2.24, 2.45) is 0 Å². The lowest BCUT2D eigenvalue weighted by Crippen LogP contribution is -2.14. The molecule has 0 aliphatic carbocycles. The van der Waals surface area contributed by atoms with Crippen LogP contribution in [0, 0.1) is 6.92 Å². The normalized spacial score (nSPS) is 11.2. The summed E-state index contributed by atoms with van der Waals surface area (Å²) in [4.78, 5) is 16.3. The average Bonchev–Trinajstić information content (AvgIpc) is 2.40. The van der Waals surface area contributed by atoms with Crippen LogP contribution in [0.25, 0.3) is 0 Å². The standard InChI is InChI=1S/C14H13ClN2O3S/c1-9-4-3-5-12(16-9)14(18)17-13-8-10(21(2,19)20)6-7-11(13)15/h3-8H,1-2H3,(H,17,18). The van der Waals surface area contributed by atoms with E-state index in [4.69, 9.17) is 11.6 Å². The van der Waals surface area contributed by atoms with Crippen LogP contribution >= 0.6 is 11.6 Å². The van der Waals surface area contributed by atoms with Gasteiger partial charge in [-0.25, -0.2) is 13.4 Å². The van der Waals surface area contributed by atoms with Gasteiger partial charge in [0.1, 0.15) is 5.69 Å². The lowest BCUT2D eigenvalue weighted by atomic mass is 10.2. The lowest BCUT2D eigenvalue weighted by Gasteiger charge is -2.09. The number of nitrogens with one attached hydrogen (secondary N) is 1. The maximum absolute atomic E-state index is 12.1. The largest absolute Gasteiger partial charge is 0.319 e. The van der Waals surface area contributed by atoms with Gasteiger partial charge >= 0.3 is 0 Å². The van der Waals surface area contributed by atoms with Gasteiger partial charge in [-0.05, 0) is 37.3 Å². The van der Waals surface area contributed by atoms with Crippen LogP contribution in [0.1, 0.15) is 16.2 Å². The second-order valence-electron chi connectivity index (χ2n) is 4.53. The summed E-state index contributed by atoms with van der Waals surface area (Å²) in [6.07, 6.45) is 1.09. The fourth-order valence-electron chi connectivity index (χ4n) is 1.69. The maximum atomic E-state index is 12.1. The molecular formula is C14H13ClN2O3S. The zero-order valence-electron chi connectivity index (χ0n) is 11.4. The highest BCUT2D eigenvalue weighted by Crippen LogP contribution is 2.25. The summed E-state index contributed by atoms with van der Waals surface area (Å²) in [6.45, 7) is 1.77. The van der Waals surface area contributed by atoms with Gasteiger partial charge in [0, 0.05) is 11.9 Å². The molecule has 2 rings (SSSR count). The van der Waals surface area contributed by atoms with Gasteiger partial charge in [0.05, 0.1) is 15.6 Å². The summed E-state index contributed by atoms with van der Waals surface area (Å²) in [6, 6.07) is 9.19. The monoisotopic (exact) mass is 324 g/mol. The van der Waals surface area contributed by atoms with Crippen LogP contribution in [0.3, 0.4) is 0 Å². The minimum absolute atomic E-state index is 0.0828. The van der Waals surface area contributed by atoms with E-state index < -0.39 is 15.7 Å². The molecule has 1 aromatic carbocycles. The number of benzene rings is 1. The number of hydrogen-bond acceptors (Lipinski definition) is 4. The Morgan fingerprint density at radius 1 is 1.24 bits per heavy atom. The van der Waals surface area contributed by atoms with Crippen molar-refractivity contribution in [1.82, 2.24) is 4.98 Å². The molecule has 110 valence electrons. The predicted molar refractivity (Wildman–Crippen MR) is 81.5 cm³/mol. The van der Waals surface area contributed by atoms with Crippen LogP contribution in [-0.4, -0.2) is 25.6 Å². The first-order valence-electron chi connectivity index (χ1n) is 6.02. The third-order valence-electron chi connectivity index (χ3n) is 2.74.